The molecule has 4 rings (SSSR count). The average molecular weight is 627 g/mol. The van der Waals surface area contributed by atoms with Crippen LogP contribution < -0.4 is 19.6 Å². The second-order valence-electron chi connectivity index (χ2n) is 7.37. The summed E-state index contributed by atoms with van der Waals surface area (Å²) in [7, 11) is 1.59. The van der Waals surface area contributed by atoms with E-state index in [0.29, 0.717) is 31.4 Å². The molecular weight excluding hydrogens is 608 g/mol. The lowest BCUT2D eigenvalue weighted by molar-refractivity contribution is -0.139. The number of allylic oxidation sites excluding steroid dienone is 1. The van der Waals surface area contributed by atoms with Crippen molar-refractivity contribution in [3.05, 3.63) is 92.5 Å². The van der Waals surface area contributed by atoms with E-state index in [9.17, 15) is 9.59 Å². The zero-order valence-corrected chi connectivity index (χ0v) is 23.1. The summed E-state index contributed by atoms with van der Waals surface area (Å²) in [6.45, 7) is 3.71. The summed E-state index contributed by atoms with van der Waals surface area (Å²) in [4.78, 5) is 31.6. The quantitative estimate of drug-likeness (QED) is 0.375. The molecule has 10 heteroatoms. The van der Waals surface area contributed by atoms with Gasteiger partial charge in [-0.2, -0.15) is 0 Å². The maximum Gasteiger partial charge on any atom is 0.338 e. The van der Waals surface area contributed by atoms with Crippen LogP contribution in [0.25, 0.3) is 6.08 Å². The van der Waals surface area contributed by atoms with Gasteiger partial charge in [0, 0.05) is 5.02 Å². The number of ether oxygens (including phenoxy) is 2. The van der Waals surface area contributed by atoms with E-state index in [1.54, 1.807) is 55.9 Å². The summed E-state index contributed by atoms with van der Waals surface area (Å²) >= 11 is 14.3. The van der Waals surface area contributed by atoms with Gasteiger partial charge in [-0.3, -0.25) is 9.36 Å². The molecule has 1 unspecified atom stereocenters. The molecule has 1 aliphatic rings. The van der Waals surface area contributed by atoms with Gasteiger partial charge in [-0.05, 0) is 87.2 Å². The fourth-order valence-corrected chi connectivity index (χ4v) is 6.48. The van der Waals surface area contributed by atoms with Gasteiger partial charge in [0.25, 0.3) is 5.56 Å². The Bertz CT molecular complexity index is 1470. The minimum Gasteiger partial charge on any atom is -0.494 e. The number of nitrogens with zero attached hydrogens (tertiary/aromatic N) is 2. The molecule has 176 valence electrons. The number of thiazole rings is 1. The lowest BCUT2D eigenvalue weighted by Crippen LogP contribution is -2.39. The van der Waals surface area contributed by atoms with E-state index < -0.39 is 12.0 Å². The number of methoxy groups -OCH3 is 1. The van der Waals surface area contributed by atoms with Crippen molar-refractivity contribution in [2.24, 2.45) is 4.99 Å². The molecule has 0 aliphatic carbocycles. The van der Waals surface area contributed by atoms with E-state index in [1.165, 1.54) is 11.3 Å². The summed E-state index contributed by atoms with van der Waals surface area (Å²) in [5.41, 5.74) is 2.14. The summed E-state index contributed by atoms with van der Waals surface area (Å²) in [5.74, 6) is 0.164. The molecule has 6 nitrogen and oxygen atoms in total. The van der Waals surface area contributed by atoms with Crippen LogP contribution in [-0.2, 0) is 9.53 Å². The van der Waals surface area contributed by atoms with Crippen molar-refractivity contribution >= 4 is 66.8 Å². The summed E-state index contributed by atoms with van der Waals surface area (Å²) in [6, 6.07) is 10.1. The standard InChI is InChI=1S/C24H19Br2ClN2O4S/c1-4-33-23(31)19-12(2)28-24-29(20(19)14-5-7-15(27)8-6-14)22(30)18(34-24)11-13-9-16(25)21(32-3)17(26)10-13/h5-11,20H,4H2,1-3H3. The van der Waals surface area contributed by atoms with Crippen LogP contribution in [0.5, 0.6) is 5.75 Å². The Kier molecular flexibility index (Phi) is 7.47. The van der Waals surface area contributed by atoms with Crippen molar-refractivity contribution < 1.29 is 14.3 Å². The van der Waals surface area contributed by atoms with Gasteiger partial charge in [0.1, 0.15) is 5.75 Å². The van der Waals surface area contributed by atoms with Crippen LogP contribution in [0.3, 0.4) is 0 Å². The molecule has 34 heavy (non-hydrogen) atoms. The maximum absolute atomic E-state index is 13.6. The molecule has 2 aromatic carbocycles. The largest absolute Gasteiger partial charge is 0.494 e. The highest BCUT2D eigenvalue weighted by molar-refractivity contribution is 9.11. The number of aromatic nitrogens is 1. The Morgan fingerprint density at radius 3 is 2.47 bits per heavy atom. The molecule has 0 radical (unpaired) electrons. The van der Waals surface area contributed by atoms with Crippen molar-refractivity contribution in [2.75, 3.05) is 13.7 Å². The van der Waals surface area contributed by atoms with Gasteiger partial charge in [-0.1, -0.05) is 35.1 Å². The number of fused-ring (bicyclic) bond motifs is 1. The molecule has 0 amide bonds. The molecule has 1 aromatic heterocycles. The first-order chi connectivity index (χ1) is 16.2. The van der Waals surface area contributed by atoms with Gasteiger partial charge in [0.15, 0.2) is 4.80 Å². The van der Waals surface area contributed by atoms with E-state index >= 15 is 0 Å². The molecule has 3 aromatic rings. The van der Waals surface area contributed by atoms with Crippen LogP contribution in [0.4, 0.5) is 0 Å². The number of carbonyl (C=O) groups is 1. The Morgan fingerprint density at radius 1 is 1.24 bits per heavy atom. The smallest absolute Gasteiger partial charge is 0.338 e. The average Bonchev–Trinajstić information content (AvgIpc) is 3.08. The van der Waals surface area contributed by atoms with E-state index in [1.807, 2.05) is 12.1 Å². The molecule has 2 heterocycles. The van der Waals surface area contributed by atoms with Gasteiger partial charge in [0.05, 0.1) is 44.5 Å². The summed E-state index contributed by atoms with van der Waals surface area (Å²) in [6.07, 6.45) is 1.79. The zero-order valence-electron chi connectivity index (χ0n) is 18.4. The van der Waals surface area contributed by atoms with Gasteiger partial charge in [0.2, 0.25) is 0 Å². The molecule has 0 bridgehead atoms. The van der Waals surface area contributed by atoms with Gasteiger partial charge < -0.3 is 9.47 Å². The van der Waals surface area contributed by atoms with Crippen molar-refractivity contribution in [2.45, 2.75) is 19.9 Å². The normalized spacial score (nSPS) is 15.7. The maximum atomic E-state index is 13.6. The number of benzene rings is 2. The Hall–Kier alpha value is -2.20. The summed E-state index contributed by atoms with van der Waals surface area (Å²) < 4.78 is 14.2. The molecule has 1 aliphatic heterocycles. The minimum absolute atomic E-state index is 0.217. The number of hydrogen-bond acceptors (Lipinski definition) is 6. The predicted octanol–water partition coefficient (Wildman–Crippen LogP) is 4.99. The number of carbonyl (C=O) groups excluding carboxylic acids is 1. The fraction of sp³-hybridized carbons (Fsp3) is 0.208. The SMILES string of the molecule is CCOC(=O)C1=C(C)N=c2sc(=Cc3cc(Br)c(OC)c(Br)c3)c(=O)n2C1c1ccc(Cl)cc1. The Morgan fingerprint density at radius 2 is 1.88 bits per heavy atom. The van der Waals surface area contributed by atoms with Crippen molar-refractivity contribution in [1.29, 1.82) is 0 Å². The van der Waals surface area contributed by atoms with Crippen LogP contribution >= 0.6 is 54.8 Å². The van der Waals surface area contributed by atoms with E-state index in [2.05, 4.69) is 36.9 Å². The second kappa shape index (κ2) is 10.2. The first-order valence-electron chi connectivity index (χ1n) is 10.2. The predicted molar refractivity (Wildman–Crippen MR) is 140 cm³/mol. The van der Waals surface area contributed by atoms with Crippen LogP contribution in [0.1, 0.15) is 31.0 Å². The molecule has 0 spiro atoms. The number of esters is 1. The van der Waals surface area contributed by atoms with Gasteiger partial charge in [-0.25, -0.2) is 9.79 Å². The van der Waals surface area contributed by atoms with Crippen LogP contribution in [0.15, 0.2) is 66.4 Å². The fourth-order valence-electron chi connectivity index (χ4n) is 3.76. The summed E-state index contributed by atoms with van der Waals surface area (Å²) in [5, 5.41) is 0.560. The molecule has 0 fully saturated rings. The Balaban J connectivity index is 1.94. The monoisotopic (exact) mass is 624 g/mol. The number of rotatable bonds is 5. The van der Waals surface area contributed by atoms with Crippen LogP contribution in [-0.4, -0.2) is 24.3 Å². The van der Waals surface area contributed by atoms with Crippen molar-refractivity contribution in [3.8, 4) is 5.75 Å². The van der Waals surface area contributed by atoms with Gasteiger partial charge >= 0.3 is 5.97 Å². The molecule has 0 saturated carbocycles. The van der Waals surface area contributed by atoms with E-state index in [0.717, 1.165) is 20.1 Å². The highest BCUT2D eigenvalue weighted by Gasteiger charge is 2.33. The molecule has 0 N–H and O–H groups in total. The third kappa shape index (κ3) is 4.66. The molecule has 1 atom stereocenters. The molecule has 0 saturated heterocycles. The third-order valence-corrected chi connectivity index (χ3v) is 7.64. The van der Waals surface area contributed by atoms with Crippen LogP contribution in [0, 0.1) is 0 Å². The van der Waals surface area contributed by atoms with E-state index in [4.69, 9.17) is 21.1 Å². The second-order valence-corrected chi connectivity index (χ2v) is 10.5. The lowest BCUT2D eigenvalue weighted by Gasteiger charge is -2.24. The van der Waals surface area contributed by atoms with E-state index in [-0.39, 0.29) is 12.2 Å². The highest BCUT2D eigenvalue weighted by atomic mass is 79.9. The molecular formula is C24H19Br2ClN2O4S. The third-order valence-electron chi connectivity index (χ3n) is 5.23. The first kappa shape index (κ1) is 24.9. The lowest BCUT2D eigenvalue weighted by atomic mass is 9.96. The topological polar surface area (TPSA) is 69.9 Å². The van der Waals surface area contributed by atoms with Crippen molar-refractivity contribution in [1.82, 2.24) is 4.57 Å². The van der Waals surface area contributed by atoms with Crippen molar-refractivity contribution in [3.63, 3.8) is 0 Å². The highest BCUT2D eigenvalue weighted by Crippen LogP contribution is 2.35. The van der Waals surface area contributed by atoms with Crippen LogP contribution in [0.2, 0.25) is 5.02 Å². The number of halogens is 3. The first-order valence-corrected chi connectivity index (χ1v) is 13.0. The number of hydrogen-bond donors (Lipinski definition) is 0. The minimum atomic E-state index is -0.677. The zero-order chi connectivity index (χ0) is 24.6. The van der Waals surface area contributed by atoms with Gasteiger partial charge in [-0.15, -0.1) is 0 Å². The Labute approximate surface area is 221 Å².